The van der Waals surface area contributed by atoms with Gasteiger partial charge in [-0.15, -0.1) is 0 Å². The maximum atomic E-state index is 5.60. The quantitative estimate of drug-likeness (QED) is 0.741. The molecule has 0 aromatic heterocycles. The minimum Gasteiger partial charge on any atom is -0.639 e. The zero-order valence-electron chi connectivity index (χ0n) is 9.56. The maximum absolute atomic E-state index is 5.60. The van der Waals surface area contributed by atoms with Crippen molar-refractivity contribution < 1.29 is 14.0 Å². The van der Waals surface area contributed by atoms with Gasteiger partial charge in [-0.25, -0.2) is 4.99 Å². The van der Waals surface area contributed by atoms with Crippen LogP contribution in [0, 0.1) is 0 Å². The van der Waals surface area contributed by atoms with Crippen molar-refractivity contribution in [2.45, 2.75) is 0 Å². The average Bonchev–Trinajstić information content (AvgIpc) is 2.37. The van der Waals surface area contributed by atoms with Gasteiger partial charge in [-0.1, -0.05) is 23.7 Å². The van der Waals surface area contributed by atoms with Gasteiger partial charge >= 0.3 is 6.75 Å². The molecule has 86 valence electrons. The van der Waals surface area contributed by atoms with Crippen molar-refractivity contribution in [1.29, 1.82) is 0 Å². The molecule has 1 aromatic rings. The Labute approximate surface area is 94.4 Å². The van der Waals surface area contributed by atoms with Gasteiger partial charge in [0.15, 0.2) is 0 Å². The van der Waals surface area contributed by atoms with E-state index in [1.807, 2.05) is 24.3 Å². The molecule has 0 aliphatic carbocycles. The third-order valence-corrected chi connectivity index (χ3v) is 2.67. The summed E-state index contributed by atoms with van der Waals surface area (Å²) in [6.45, 7) is -1.95. The molecule has 0 bridgehead atoms. The molecule has 0 atom stereocenters. The van der Waals surface area contributed by atoms with Crippen LogP contribution in [0.5, 0.6) is 0 Å². The molecule has 1 aromatic carbocycles. The van der Waals surface area contributed by atoms with Crippen LogP contribution in [0.4, 0.5) is 5.69 Å². The molecule has 0 unspecified atom stereocenters. The highest BCUT2D eigenvalue weighted by Crippen LogP contribution is 2.20. The Bertz CT molecular complexity index is 418. The van der Waals surface area contributed by atoms with E-state index in [0.29, 0.717) is 6.02 Å². The molecule has 0 radical (unpaired) electrons. The molecule has 1 aliphatic heterocycles. The Morgan fingerprint density at radius 3 is 2.56 bits per heavy atom. The number of para-hydroxylation sites is 1. The van der Waals surface area contributed by atoms with Gasteiger partial charge in [0.2, 0.25) is 6.02 Å². The van der Waals surface area contributed by atoms with Gasteiger partial charge in [-0.05, 0) is 20.3 Å². The lowest BCUT2D eigenvalue weighted by molar-refractivity contribution is 0.172. The predicted octanol–water partition coefficient (Wildman–Crippen LogP) is 0.553. The van der Waals surface area contributed by atoms with E-state index < -0.39 is 6.75 Å². The van der Waals surface area contributed by atoms with Gasteiger partial charge in [-0.2, -0.15) is 0 Å². The summed E-state index contributed by atoms with van der Waals surface area (Å²) in [5, 5.41) is 3.05. The van der Waals surface area contributed by atoms with Crippen LogP contribution in [0.15, 0.2) is 29.3 Å². The van der Waals surface area contributed by atoms with Crippen LogP contribution in [-0.4, -0.2) is 34.0 Å². The largest absolute Gasteiger partial charge is 0.639 e. The fraction of sp³-hybridized carbons (Fsp3) is 0.300. The number of nitrogens with zero attached hydrogens (tertiary/aromatic N) is 1. The predicted molar refractivity (Wildman–Crippen MR) is 63.9 cm³/mol. The third-order valence-electron chi connectivity index (χ3n) is 2.67. The Balaban J connectivity index is 2.54. The van der Waals surface area contributed by atoms with Gasteiger partial charge < -0.3 is 19.3 Å². The lowest BCUT2D eigenvalue weighted by Gasteiger charge is -2.44. The molecule has 0 saturated carbocycles. The lowest BCUT2D eigenvalue weighted by atomic mass is 9.67. The fourth-order valence-electron chi connectivity index (χ4n) is 1.83. The lowest BCUT2D eigenvalue weighted by Crippen LogP contribution is -2.61. The second-order valence-electron chi connectivity index (χ2n) is 3.47. The molecule has 6 heteroatoms. The van der Waals surface area contributed by atoms with Crippen LogP contribution in [0.25, 0.3) is 0 Å². The van der Waals surface area contributed by atoms with Crippen molar-refractivity contribution in [1.82, 2.24) is 0 Å². The van der Waals surface area contributed by atoms with E-state index in [1.165, 1.54) is 0 Å². The van der Waals surface area contributed by atoms with E-state index in [9.17, 15) is 0 Å². The van der Waals surface area contributed by atoms with Gasteiger partial charge in [0, 0.05) is 12.7 Å². The number of hydrogen-bond acceptors (Lipinski definition) is 4. The summed E-state index contributed by atoms with van der Waals surface area (Å²) in [4.78, 5) is 3.98. The number of anilines is 1. The summed E-state index contributed by atoms with van der Waals surface area (Å²) in [7, 11) is 4.75. The number of nitrogens with one attached hydrogen (secondary N) is 1. The maximum Gasteiger partial charge on any atom is 0.469 e. The molecule has 0 spiro atoms. The van der Waals surface area contributed by atoms with Crippen LogP contribution in [0.2, 0.25) is 0 Å². The number of rotatable bonds is 2. The first-order valence-electron chi connectivity index (χ1n) is 5.01. The van der Waals surface area contributed by atoms with Crippen molar-refractivity contribution in [3.8, 4) is 0 Å². The van der Waals surface area contributed by atoms with Gasteiger partial charge in [0.05, 0.1) is 0 Å². The van der Waals surface area contributed by atoms with Gasteiger partial charge in [-0.3, -0.25) is 0 Å². The Kier molecular flexibility index (Phi) is 2.85. The normalized spacial score (nSPS) is 19.8. The molecular formula is C10H14BN2O3-. The fourth-order valence-corrected chi connectivity index (χ4v) is 1.83. The number of amidine groups is 1. The highest BCUT2D eigenvalue weighted by molar-refractivity contribution is 6.79. The zero-order chi connectivity index (χ0) is 11.6. The number of benzene rings is 1. The van der Waals surface area contributed by atoms with E-state index in [1.54, 1.807) is 21.3 Å². The molecule has 1 aliphatic rings. The Morgan fingerprint density at radius 1 is 1.25 bits per heavy atom. The van der Waals surface area contributed by atoms with Crippen molar-refractivity contribution in [2.75, 3.05) is 26.6 Å². The van der Waals surface area contributed by atoms with E-state index in [-0.39, 0.29) is 0 Å². The average molecular weight is 221 g/mol. The molecule has 2 rings (SSSR count). The van der Waals surface area contributed by atoms with E-state index in [4.69, 9.17) is 14.0 Å². The summed E-state index contributed by atoms with van der Waals surface area (Å²) in [6.07, 6.45) is 0. The summed E-state index contributed by atoms with van der Waals surface area (Å²) < 4.78 is 16.4. The van der Waals surface area contributed by atoms with Crippen molar-refractivity contribution >= 4 is 23.9 Å². The molecule has 1 N–H and O–H groups in total. The SMILES string of the molecule is CN=C1Nc2ccccc2[B-](OC)(OC)O1. The number of hydrogen-bond donors (Lipinski definition) is 1. The smallest absolute Gasteiger partial charge is 0.469 e. The first-order chi connectivity index (χ1) is 7.75. The minimum atomic E-state index is -1.95. The second kappa shape index (κ2) is 4.15. The summed E-state index contributed by atoms with van der Waals surface area (Å²) in [5.41, 5.74) is 1.73. The van der Waals surface area contributed by atoms with Crippen molar-refractivity contribution in [3.05, 3.63) is 24.3 Å². The summed E-state index contributed by atoms with van der Waals surface area (Å²) in [6, 6.07) is 8.06. The van der Waals surface area contributed by atoms with E-state index in [2.05, 4.69) is 10.3 Å². The van der Waals surface area contributed by atoms with Gasteiger partial charge in [0.25, 0.3) is 0 Å². The standard InChI is InChI=1S/C10H14BN2O3/c1-12-10-13-9-7-5-4-6-8(9)11(14-2,15-3)16-10/h4-7H,1-3H3,(H,12,13)/q-1. The zero-order valence-corrected chi connectivity index (χ0v) is 9.56. The monoisotopic (exact) mass is 221 g/mol. The molecule has 1 heterocycles. The Hall–Kier alpha value is -1.53. The van der Waals surface area contributed by atoms with Crippen LogP contribution < -0.4 is 10.8 Å². The molecule has 0 amide bonds. The van der Waals surface area contributed by atoms with E-state index >= 15 is 0 Å². The Morgan fingerprint density at radius 2 is 1.94 bits per heavy atom. The van der Waals surface area contributed by atoms with Crippen LogP contribution >= 0.6 is 0 Å². The molecule has 0 fully saturated rings. The molecule has 0 saturated heterocycles. The number of fused-ring (bicyclic) bond motifs is 1. The molecule has 16 heavy (non-hydrogen) atoms. The van der Waals surface area contributed by atoms with E-state index in [0.717, 1.165) is 11.2 Å². The van der Waals surface area contributed by atoms with Crippen LogP contribution in [0.3, 0.4) is 0 Å². The second-order valence-corrected chi connectivity index (χ2v) is 3.47. The first kappa shape index (κ1) is 11.0. The summed E-state index contributed by atoms with van der Waals surface area (Å²) >= 11 is 0. The number of aliphatic imine (C=N–C) groups is 1. The van der Waals surface area contributed by atoms with Crippen molar-refractivity contribution in [3.63, 3.8) is 0 Å². The third kappa shape index (κ3) is 1.56. The van der Waals surface area contributed by atoms with Gasteiger partial charge in [0.1, 0.15) is 0 Å². The van der Waals surface area contributed by atoms with Crippen LogP contribution in [0.1, 0.15) is 0 Å². The minimum absolute atomic E-state index is 0.391. The summed E-state index contributed by atoms with van der Waals surface area (Å²) in [5.74, 6) is 0. The highest BCUT2D eigenvalue weighted by atomic mass is 16.8. The molecule has 5 nitrogen and oxygen atoms in total. The van der Waals surface area contributed by atoms with Crippen LogP contribution in [-0.2, 0) is 14.0 Å². The topological polar surface area (TPSA) is 52.1 Å². The molecular weight excluding hydrogens is 207 g/mol. The van der Waals surface area contributed by atoms with Crippen molar-refractivity contribution in [2.24, 2.45) is 4.99 Å². The first-order valence-corrected chi connectivity index (χ1v) is 5.01. The highest BCUT2D eigenvalue weighted by Gasteiger charge is 2.37.